The maximum atomic E-state index is 10.7. The van der Waals surface area contributed by atoms with Crippen LogP contribution in [0.3, 0.4) is 0 Å². The molecular formula is C19H31NO. The van der Waals surface area contributed by atoms with Crippen LogP contribution in [-0.4, -0.2) is 29.6 Å². The van der Waals surface area contributed by atoms with Gasteiger partial charge in [-0.25, -0.2) is 0 Å². The van der Waals surface area contributed by atoms with Gasteiger partial charge in [0.2, 0.25) is 0 Å². The van der Waals surface area contributed by atoms with E-state index in [0.717, 1.165) is 25.2 Å². The fourth-order valence-electron chi connectivity index (χ4n) is 3.71. The second-order valence-corrected chi connectivity index (χ2v) is 7.65. The number of aliphatic hydroxyl groups is 1. The first kappa shape index (κ1) is 16.5. The zero-order valence-electron chi connectivity index (χ0n) is 14.4. The van der Waals surface area contributed by atoms with Crippen molar-refractivity contribution in [3.8, 4) is 0 Å². The Bertz CT molecular complexity index is 469. The molecule has 0 radical (unpaired) electrons. The van der Waals surface area contributed by atoms with E-state index in [9.17, 15) is 5.11 Å². The average molecular weight is 289 g/mol. The molecule has 2 rings (SSSR count). The van der Waals surface area contributed by atoms with Gasteiger partial charge in [-0.15, -0.1) is 0 Å². The summed E-state index contributed by atoms with van der Waals surface area (Å²) in [5.74, 6) is 0. The number of hydrogen-bond acceptors (Lipinski definition) is 2. The van der Waals surface area contributed by atoms with E-state index in [0.29, 0.717) is 5.41 Å². The third kappa shape index (κ3) is 4.31. The molecule has 1 aliphatic heterocycles. The summed E-state index contributed by atoms with van der Waals surface area (Å²) in [4.78, 5) is 2.44. The Morgan fingerprint density at radius 2 is 1.71 bits per heavy atom. The minimum atomic E-state index is -0.369. The van der Waals surface area contributed by atoms with Crippen LogP contribution in [0.4, 0.5) is 0 Å². The monoisotopic (exact) mass is 289 g/mol. The topological polar surface area (TPSA) is 23.5 Å². The predicted molar refractivity (Wildman–Crippen MR) is 89.7 cm³/mol. The van der Waals surface area contributed by atoms with Crippen LogP contribution in [0.1, 0.15) is 61.5 Å². The maximum Gasteiger partial charge on any atom is 0.0922 e. The van der Waals surface area contributed by atoms with Crippen molar-refractivity contribution in [2.45, 2.75) is 60.0 Å². The SMILES string of the molecule is Cc1cc(C)c(C(O)CN2CCCC(C)(C)CC2)c(C)c1. The van der Waals surface area contributed by atoms with Gasteiger partial charge in [0.05, 0.1) is 6.10 Å². The van der Waals surface area contributed by atoms with Gasteiger partial charge in [-0.05, 0) is 75.2 Å². The largest absolute Gasteiger partial charge is 0.387 e. The second-order valence-electron chi connectivity index (χ2n) is 7.65. The van der Waals surface area contributed by atoms with Gasteiger partial charge in [0.25, 0.3) is 0 Å². The molecule has 0 saturated carbocycles. The lowest BCUT2D eigenvalue weighted by atomic mass is 9.85. The molecule has 21 heavy (non-hydrogen) atoms. The molecule has 0 aliphatic carbocycles. The average Bonchev–Trinajstić information content (AvgIpc) is 2.49. The van der Waals surface area contributed by atoms with Gasteiger partial charge in [-0.3, -0.25) is 0 Å². The molecule has 1 aliphatic rings. The van der Waals surface area contributed by atoms with Crippen LogP contribution in [0.2, 0.25) is 0 Å². The minimum absolute atomic E-state index is 0.369. The van der Waals surface area contributed by atoms with Crippen molar-refractivity contribution in [2.75, 3.05) is 19.6 Å². The van der Waals surface area contributed by atoms with Crippen LogP contribution in [0.5, 0.6) is 0 Å². The number of hydrogen-bond donors (Lipinski definition) is 1. The standard InChI is InChI=1S/C19H31NO/c1-14-11-15(2)18(16(3)12-14)17(21)13-20-9-6-7-19(4,5)8-10-20/h11-12,17,21H,6-10,13H2,1-5H3. The Morgan fingerprint density at radius 3 is 2.33 bits per heavy atom. The molecule has 2 heteroatoms. The van der Waals surface area contributed by atoms with E-state index < -0.39 is 0 Å². The molecule has 0 spiro atoms. The summed E-state index contributed by atoms with van der Waals surface area (Å²) in [5.41, 5.74) is 5.29. The summed E-state index contributed by atoms with van der Waals surface area (Å²) >= 11 is 0. The third-order valence-corrected chi connectivity index (χ3v) is 4.94. The van der Waals surface area contributed by atoms with E-state index in [4.69, 9.17) is 0 Å². The van der Waals surface area contributed by atoms with Gasteiger partial charge < -0.3 is 10.0 Å². The van der Waals surface area contributed by atoms with E-state index in [-0.39, 0.29) is 6.10 Å². The van der Waals surface area contributed by atoms with Gasteiger partial charge in [0, 0.05) is 6.54 Å². The molecule has 1 atom stereocenters. The van der Waals surface area contributed by atoms with Crippen LogP contribution in [0, 0.1) is 26.2 Å². The van der Waals surface area contributed by atoms with Crippen molar-refractivity contribution in [2.24, 2.45) is 5.41 Å². The summed E-state index contributed by atoms with van der Waals surface area (Å²) in [5, 5.41) is 10.7. The Balaban J connectivity index is 2.06. The third-order valence-electron chi connectivity index (χ3n) is 4.94. The summed E-state index contributed by atoms with van der Waals surface area (Å²) in [6.45, 7) is 14.1. The Kier molecular flexibility index (Phi) is 5.11. The van der Waals surface area contributed by atoms with Crippen LogP contribution in [0.25, 0.3) is 0 Å². The molecule has 2 nitrogen and oxygen atoms in total. The minimum Gasteiger partial charge on any atom is -0.387 e. The first-order valence-electron chi connectivity index (χ1n) is 8.27. The fourth-order valence-corrected chi connectivity index (χ4v) is 3.71. The first-order chi connectivity index (χ1) is 9.78. The van der Waals surface area contributed by atoms with Crippen LogP contribution >= 0.6 is 0 Å². The quantitative estimate of drug-likeness (QED) is 0.903. The van der Waals surface area contributed by atoms with E-state index in [2.05, 4.69) is 51.7 Å². The molecule has 0 amide bonds. The van der Waals surface area contributed by atoms with E-state index >= 15 is 0 Å². The molecule has 118 valence electrons. The van der Waals surface area contributed by atoms with E-state index in [1.165, 1.54) is 36.0 Å². The van der Waals surface area contributed by atoms with Gasteiger partial charge in [0.15, 0.2) is 0 Å². The number of benzene rings is 1. The second kappa shape index (κ2) is 6.50. The summed E-state index contributed by atoms with van der Waals surface area (Å²) in [6, 6.07) is 4.36. The van der Waals surface area contributed by atoms with Crippen molar-refractivity contribution in [1.29, 1.82) is 0 Å². The van der Waals surface area contributed by atoms with Crippen molar-refractivity contribution < 1.29 is 5.11 Å². The van der Waals surface area contributed by atoms with Crippen LogP contribution in [-0.2, 0) is 0 Å². The Morgan fingerprint density at radius 1 is 1.10 bits per heavy atom. The highest BCUT2D eigenvalue weighted by molar-refractivity contribution is 5.39. The lowest BCUT2D eigenvalue weighted by molar-refractivity contribution is 0.112. The lowest BCUT2D eigenvalue weighted by Crippen LogP contribution is -2.30. The van der Waals surface area contributed by atoms with Crippen molar-refractivity contribution in [3.05, 3.63) is 34.4 Å². The molecular weight excluding hydrogens is 258 g/mol. The smallest absolute Gasteiger partial charge is 0.0922 e. The van der Waals surface area contributed by atoms with Crippen LogP contribution in [0.15, 0.2) is 12.1 Å². The molecule has 1 heterocycles. The molecule has 1 aromatic carbocycles. The molecule has 0 aromatic heterocycles. The highest BCUT2D eigenvalue weighted by atomic mass is 16.3. The first-order valence-corrected chi connectivity index (χ1v) is 8.27. The van der Waals surface area contributed by atoms with Gasteiger partial charge in [-0.2, -0.15) is 0 Å². The van der Waals surface area contributed by atoms with E-state index in [1.54, 1.807) is 0 Å². The predicted octanol–water partition coefficient (Wildman–Crippen LogP) is 4.16. The number of rotatable bonds is 3. The zero-order chi connectivity index (χ0) is 15.6. The summed E-state index contributed by atoms with van der Waals surface area (Å²) in [6.07, 6.45) is 3.39. The van der Waals surface area contributed by atoms with Gasteiger partial charge in [0.1, 0.15) is 0 Å². The van der Waals surface area contributed by atoms with Gasteiger partial charge in [-0.1, -0.05) is 31.5 Å². The number of aryl methyl sites for hydroxylation is 3. The number of nitrogens with zero attached hydrogens (tertiary/aromatic N) is 1. The highest BCUT2D eigenvalue weighted by Crippen LogP contribution is 2.31. The van der Waals surface area contributed by atoms with E-state index in [1.807, 2.05) is 0 Å². The fraction of sp³-hybridized carbons (Fsp3) is 0.684. The molecule has 0 bridgehead atoms. The van der Waals surface area contributed by atoms with Gasteiger partial charge >= 0.3 is 0 Å². The normalized spacial score (nSPS) is 21.0. The lowest BCUT2D eigenvalue weighted by Gasteiger charge is -2.26. The maximum absolute atomic E-state index is 10.7. The molecule has 1 saturated heterocycles. The highest BCUT2D eigenvalue weighted by Gasteiger charge is 2.25. The Hall–Kier alpha value is -0.860. The number of aliphatic hydroxyl groups excluding tert-OH is 1. The summed E-state index contributed by atoms with van der Waals surface area (Å²) < 4.78 is 0. The number of β-amino-alcohol motifs (C(OH)–C–C–N with tert-alkyl or cyclic N) is 1. The summed E-state index contributed by atoms with van der Waals surface area (Å²) in [7, 11) is 0. The number of likely N-dealkylation sites (tertiary alicyclic amines) is 1. The van der Waals surface area contributed by atoms with Crippen molar-refractivity contribution >= 4 is 0 Å². The molecule has 1 unspecified atom stereocenters. The Labute approximate surface area is 130 Å². The zero-order valence-corrected chi connectivity index (χ0v) is 14.4. The molecule has 1 N–H and O–H groups in total. The molecule has 1 fully saturated rings. The van der Waals surface area contributed by atoms with Crippen LogP contribution < -0.4 is 0 Å². The molecule has 1 aromatic rings. The van der Waals surface area contributed by atoms with Crippen molar-refractivity contribution in [1.82, 2.24) is 4.90 Å². The van der Waals surface area contributed by atoms with Crippen molar-refractivity contribution in [3.63, 3.8) is 0 Å².